The summed E-state index contributed by atoms with van der Waals surface area (Å²) in [6, 6.07) is 33.8. The van der Waals surface area contributed by atoms with Gasteiger partial charge in [-0.05, 0) is 54.6 Å². The Bertz CT molecular complexity index is 1860. The predicted molar refractivity (Wildman–Crippen MR) is 218 cm³/mol. The van der Waals surface area contributed by atoms with Gasteiger partial charge in [0.05, 0.1) is 5.69 Å². The molecule has 4 aromatic carbocycles. The van der Waals surface area contributed by atoms with Crippen LogP contribution in [-0.2, 0) is 19.6 Å². The molecule has 3 aliphatic heterocycles. The van der Waals surface area contributed by atoms with Crippen molar-refractivity contribution >= 4 is 17.6 Å². The van der Waals surface area contributed by atoms with Crippen LogP contribution in [0.1, 0.15) is 16.7 Å². The number of fused-ring (bicyclic) bond motifs is 15. The van der Waals surface area contributed by atoms with Gasteiger partial charge in [0.2, 0.25) is 0 Å². The van der Waals surface area contributed by atoms with Crippen molar-refractivity contribution in [3.05, 3.63) is 143 Å². The molecule has 0 unspecified atom stereocenters. The van der Waals surface area contributed by atoms with Gasteiger partial charge in [0.15, 0.2) is 0 Å². The standard InChI is InChI=1S/C45H52N6O3/c1-2-10-37(9-1)33-48-41-17-19-42(20-18-41)51-26-25-49-23-21-46-34-38-11-3-6-14-43(38)52-30-27-50(29-32-54-45-16-8-5-13-40(45)36-51)28-31-53-44-15-7-4-12-39(44)35-47-22-24-49/h1-9,11-20,33,46-47H,21-32,34-36H2. The molecule has 9 heteroatoms. The molecular formula is C45H52N6O3. The fourth-order valence-corrected chi connectivity index (χ4v) is 6.89. The third kappa shape index (κ3) is 10.9. The maximum atomic E-state index is 6.58. The van der Waals surface area contributed by atoms with Gasteiger partial charge >= 0.3 is 0 Å². The molecule has 4 aliphatic rings. The van der Waals surface area contributed by atoms with E-state index in [0.29, 0.717) is 19.8 Å². The van der Waals surface area contributed by atoms with Crippen molar-refractivity contribution in [1.29, 1.82) is 0 Å². The van der Waals surface area contributed by atoms with Gasteiger partial charge in [-0.1, -0.05) is 60.7 Å². The van der Waals surface area contributed by atoms with Crippen molar-refractivity contribution in [1.82, 2.24) is 20.4 Å². The largest absolute Gasteiger partial charge is 0.492 e. The van der Waals surface area contributed by atoms with Crippen LogP contribution in [-0.4, -0.2) is 94.7 Å². The molecule has 4 aromatic rings. The first-order chi connectivity index (χ1) is 26.8. The van der Waals surface area contributed by atoms with Crippen molar-refractivity contribution < 1.29 is 14.2 Å². The highest BCUT2D eigenvalue weighted by atomic mass is 16.5. The van der Waals surface area contributed by atoms with Crippen LogP contribution in [0.4, 0.5) is 11.4 Å². The molecule has 8 rings (SSSR count). The lowest BCUT2D eigenvalue weighted by atomic mass is 10.1. The van der Waals surface area contributed by atoms with Gasteiger partial charge in [0.25, 0.3) is 0 Å². The van der Waals surface area contributed by atoms with Gasteiger partial charge in [-0.25, -0.2) is 0 Å². The second kappa shape index (κ2) is 19.8. The average Bonchev–Trinajstić information content (AvgIpc) is 3.73. The number of rotatable bonds is 3. The molecule has 280 valence electrons. The van der Waals surface area contributed by atoms with Gasteiger partial charge in [-0.3, -0.25) is 14.8 Å². The monoisotopic (exact) mass is 724 g/mol. The first kappa shape index (κ1) is 37.2. The summed E-state index contributed by atoms with van der Waals surface area (Å²) in [4.78, 5) is 12.1. The SMILES string of the molecule is C1=CC=CC=1C=Nc1ccc(N2CCN3CCNCc4ccccc4OCCN(CCOc4ccccc4CNCC3)CCOc3ccccc3C2)cc1. The first-order valence-electron chi connectivity index (χ1n) is 19.3. The summed E-state index contributed by atoms with van der Waals surface area (Å²) in [7, 11) is 0. The van der Waals surface area contributed by atoms with E-state index in [1.165, 1.54) is 11.1 Å². The predicted octanol–water partition coefficient (Wildman–Crippen LogP) is 6.39. The summed E-state index contributed by atoms with van der Waals surface area (Å²) in [6.07, 6.45) is 7.77. The first-order valence-corrected chi connectivity index (χ1v) is 19.3. The topological polar surface area (TPSA) is 73.8 Å². The maximum absolute atomic E-state index is 6.58. The summed E-state index contributed by atoms with van der Waals surface area (Å²) in [5, 5.41) is 7.43. The van der Waals surface area contributed by atoms with Gasteiger partial charge in [0.1, 0.15) is 37.1 Å². The van der Waals surface area contributed by atoms with Crippen LogP contribution in [0, 0.1) is 0 Å². The van der Waals surface area contributed by atoms with Crippen LogP contribution >= 0.6 is 0 Å². The van der Waals surface area contributed by atoms with E-state index in [0.717, 1.165) is 118 Å². The molecule has 54 heavy (non-hydrogen) atoms. The van der Waals surface area contributed by atoms with E-state index in [4.69, 9.17) is 19.2 Å². The van der Waals surface area contributed by atoms with Crippen molar-refractivity contribution in [2.75, 3.05) is 83.6 Å². The third-order valence-electron chi connectivity index (χ3n) is 9.99. The van der Waals surface area contributed by atoms with E-state index in [1.54, 1.807) is 0 Å². The summed E-state index contributed by atoms with van der Waals surface area (Å²) >= 11 is 0. The highest BCUT2D eigenvalue weighted by Crippen LogP contribution is 2.26. The van der Waals surface area contributed by atoms with Crippen molar-refractivity contribution in [2.45, 2.75) is 19.6 Å². The second-order valence-electron chi connectivity index (χ2n) is 13.7. The minimum Gasteiger partial charge on any atom is -0.492 e. The number of nitrogens with one attached hydrogen (secondary N) is 2. The van der Waals surface area contributed by atoms with Crippen LogP contribution in [0.25, 0.3) is 0 Å². The Morgan fingerprint density at radius 2 is 1.11 bits per heavy atom. The zero-order chi connectivity index (χ0) is 36.6. The molecule has 0 atom stereocenters. The molecule has 0 spiro atoms. The lowest BCUT2D eigenvalue weighted by Gasteiger charge is -2.30. The van der Waals surface area contributed by atoms with Crippen LogP contribution in [0.2, 0.25) is 0 Å². The Labute approximate surface area is 320 Å². The molecule has 2 bridgehead atoms. The maximum Gasteiger partial charge on any atom is 0.124 e. The Kier molecular flexibility index (Phi) is 13.6. The highest BCUT2D eigenvalue weighted by Gasteiger charge is 2.16. The van der Waals surface area contributed by atoms with E-state index in [2.05, 4.69) is 128 Å². The van der Waals surface area contributed by atoms with Crippen molar-refractivity contribution in [3.8, 4) is 17.2 Å². The zero-order valence-corrected chi connectivity index (χ0v) is 31.2. The minimum atomic E-state index is 0.555. The number of hydrogen-bond acceptors (Lipinski definition) is 9. The third-order valence-corrected chi connectivity index (χ3v) is 9.99. The van der Waals surface area contributed by atoms with Crippen LogP contribution in [0.5, 0.6) is 17.2 Å². The van der Waals surface area contributed by atoms with E-state index < -0.39 is 0 Å². The fraction of sp³-hybridized carbons (Fsp3) is 0.333. The van der Waals surface area contributed by atoms with Crippen LogP contribution in [0.3, 0.4) is 0 Å². The van der Waals surface area contributed by atoms with E-state index in [1.807, 2.05) is 24.4 Å². The van der Waals surface area contributed by atoms with E-state index in [-0.39, 0.29) is 0 Å². The molecule has 3 heterocycles. The van der Waals surface area contributed by atoms with Gasteiger partial charge in [-0.2, -0.15) is 0 Å². The fourth-order valence-electron chi connectivity index (χ4n) is 6.89. The molecule has 0 saturated heterocycles. The molecule has 1 aliphatic carbocycles. The smallest absolute Gasteiger partial charge is 0.124 e. The van der Waals surface area contributed by atoms with Crippen LogP contribution in [0.15, 0.2) is 132 Å². The molecule has 2 N–H and O–H groups in total. The lowest BCUT2D eigenvalue weighted by Crippen LogP contribution is -2.41. The second-order valence-corrected chi connectivity index (χ2v) is 13.7. The number of benzene rings is 4. The Morgan fingerprint density at radius 3 is 1.69 bits per heavy atom. The molecule has 0 fully saturated rings. The van der Waals surface area contributed by atoms with Crippen molar-refractivity contribution in [3.63, 3.8) is 0 Å². The zero-order valence-electron chi connectivity index (χ0n) is 31.2. The summed E-state index contributed by atoms with van der Waals surface area (Å²) < 4.78 is 19.4. The molecule has 0 radical (unpaired) electrons. The van der Waals surface area contributed by atoms with E-state index in [9.17, 15) is 0 Å². The van der Waals surface area contributed by atoms with Gasteiger partial charge in [0, 0.05) is 113 Å². The van der Waals surface area contributed by atoms with E-state index >= 15 is 0 Å². The van der Waals surface area contributed by atoms with Crippen molar-refractivity contribution in [2.24, 2.45) is 4.99 Å². The summed E-state index contributed by atoms with van der Waals surface area (Å²) in [6.45, 7) is 11.5. The molecule has 9 nitrogen and oxygen atoms in total. The molecule has 0 saturated carbocycles. The Balaban J connectivity index is 1.17. The normalized spacial score (nSPS) is 20.4. The molecule has 0 aromatic heterocycles. The Hall–Kier alpha value is -5.15. The number of para-hydroxylation sites is 3. The minimum absolute atomic E-state index is 0.555. The summed E-state index contributed by atoms with van der Waals surface area (Å²) in [5.74, 6) is 2.78. The number of allylic oxidation sites excluding steroid dienone is 3. The summed E-state index contributed by atoms with van der Waals surface area (Å²) in [5.41, 5.74) is 9.76. The highest BCUT2D eigenvalue weighted by molar-refractivity contribution is 5.85. The molecule has 0 amide bonds. The number of anilines is 1. The van der Waals surface area contributed by atoms with Crippen LogP contribution < -0.4 is 29.7 Å². The number of nitrogens with zero attached hydrogens (tertiary/aromatic N) is 4. The number of aliphatic imine (C=N–C) groups is 1. The number of ether oxygens (including phenoxy) is 3. The quantitative estimate of drug-likeness (QED) is 0.186. The average molecular weight is 725 g/mol. The van der Waals surface area contributed by atoms with Gasteiger partial charge in [-0.15, -0.1) is 5.73 Å². The van der Waals surface area contributed by atoms with Gasteiger partial charge < -0.3 is 29.7 Å². The number of hydrogen-bond donors (Lipinski definition) is 2. The molecular weight excluding hydrogens is 673 g/mol. The Morgan fingerprint density at radius 1 is 0.574 bits per heavy atom. The lowest BCUT2D eigenvalue weighted by molar-refractivity contribution is 0.152.